The maximum absolute atomic E-state index is 13.2. The van der Waals surface area contributed by atoms with Crippen molar-refractivity contribution in [3.8, 4) is 0 Å². The molecule has 4 heteroatoms. The third kappa shape index (κ3) is 5.40. The molecule has 0 unspecified atom stereocenters. The molecule has 2 aromatic carbocycles. The number of aryl methyl sites for hydroxylation is 1. The Morgan fingerprint density at radius 1 is 1.23 bits per heavy atom. The van der Waals surface area contributed by atoms with Gasteiger partial charge in [0.25, 0.3) is 0 Å². The Kier molecular flexibility index (Phi) is 5.72. The summed E-state index contributed by atoms with van der Waals surface area (Å²) in [7, 11) is 0. The van der Waals surface area contributed by atoms with Crippen LogP contribution in [0.2, 0.25) is 0 Å². The normalized spacial score (nSPS) is 10.6. The Morgan fingerprint density at radius 2 is 2.00 bits per heavy atom. The molecular weight excluding hydrogens is 281 g/mol. The molecule has 0 aliphatic heterocycles. The van der Waals surface area contributed by atoms with Gasteiger partial charge in [-0.05, 0) is 35.7 Å². The van der Waals surface area contributed by atoms with Gasteiger partial charge < -0.3 is 10.1 Å². The standard InChI is InChI=1S/C18H18FNO2/c1-14-10-16(12-17(19)11-14)8-5-9-20-18(21)22-13-15-6-3-2-4-7-15/h2-8,10-12H,9,13H2,1H3,(H,20,21). The van der Waals surface area contributed by atoms with Crippen LogP contribution < -0.4 is 5.32 Å². The number of rotatable bonds is 5. The maximum atomic E-state index is 13.2. The molecule has 0 fully saturated rings. The predicted octanol–water partition coefficient (Wildman–Crippen LogP) is 4.07. The average molecular weight is 299 g/mol. The minimum atomic E-state index is -0.482. The van der Waals surface area contributed by atoms with Crippen LogP contribution in [-0.2, 0) is 11.3 Å². The van der Waals surface area contributed by atoms with Crippen molar-refractivity contribution in [1.29, 1.82) is 0 Å². The zero-order valence-corrected chi connectivity index (χ0v) is 12.4. The summed E-state index contributed by atoms with van der Waals surface area (Å²) in [4.78, 5) is 11.5. The highest BCUT2D eigenvalue weighted by atomic mass is 19.1. The van der Waals surface area contributed by atoms with E-state index >= 15 is 0 Å². The van der Waals surface area contributed by atoms with Crippen LogP contribution in [0.3, 0.4) is 0 Å². The van der Waals surface area contributed by atoms with Crippen molar-refractivity contribution < 1.29 is 13.9 Å². The van der Waals surface area contributed by atoms with Crippen LogP contribution in [0.1, 0.15) is 16.7 Å². The summed E-state index contributed by atoms with van der Waals surface area (Å²) in [6.45, 7) is 2.39. The number of hydrogen-bond donors (Lipinski definition) is 1. The minimum Gasteiger partial charge on any atom is -0.445 e. The number of nitrogens with one attached hydrogen (secondary N) is 1. The number of carbonyl (C=O) groups is 1. The Morgan fingerprint density at radius 3 is 2.73 bits per heavy atom. The molecule has 0 aliphatic carbocycles. The third-order valence-electron chi connectivity index (χ3n) is 2.95. The van der Waals surface area contributed by atoms with Crippen molar-refractivity contribution in [2.75, 3.05) is 6.54 Å². The second-order valence-electron chi connectivity index (χ2n) is 4.91. The fourth-order valence-corrected chi connectivity index (χ4v) is 1.97. The lowest BCUT2D eigenvalue weighted by molar-refractivity contribution is 0.141. The van der Waals surface area contributed by atoms with Gasteiger partial charge in [0.05, 0.1) is 0 Å². The van der Waals surface area contributed by atoms with Crippen LogP contribution in [0.25, 0.3) is 6.08 Å². The van der Waals surface area contributed by atoms with Crippen LogP contribution in [0.5, 0.6) is 0 Å². The van der Waals surface area contributed by atoms with E-state index in [-0.39, 0.29) is 12.4 Å². The molecule has 3 nitrogen and oxygen atoms in total. The fourth-order valence-electron chi connectivity index (χ4n) is 1.97. The minimum absolute atomic E-state index is 0.236. The van der Waals surface area contributed by atoms with Gasteiger partial charge in [0.15, 0.2) is 0 Å². The number of hydrogen-bond acceptors (Lipinski definition) is 2. The first kappa shape index (κ1) is 15.8. The smallest absolute Gasteiger partial charge is 0.407 e. The molecule has 0 saturated heterocycles. The van der Waals surface area contributed by atoms with Crippen molar-refractivity contribution in [3.05, 3.63) is 77.1 Å². The van der Waals surface area contributed by atoms with Crippen LogP contribution in [0.15, 0.2) is 54.6 Å². The molecule has 0 bridgehead atoms. The molecule has 0 aromatic heterocycles. The highest BCUT2D eigenvalue weighted by Gasteiger charge is 2.00. The van der Waals surface area contributed by atoms with Gasteiger partial charge in [-0.25, -0.2) is 9.18 Å². The number of alkyl carbamates (subject to hydrolysis) is 1. The number of ether oxygens (including phenoxy) is 1. The first-order valence-corrected chi connectivity index (χ1v) is 7.02. The topological polar surface area (TPSA) is 38.3 Å². The molecule has 0 aliphatic rings. The van der Waals surface area contributed by atoms with Crippen molar-refractivity contribution >= 4 is 12.2 Å². The second kappa shape index (κ2) is 7.98. The molecule has 0 atom stereocenters. The maximum Gasteiger partial charge on any atom is 0.407 e. The zero-order chi connectivity index (χ0) is 15.8. The summed E-state index contributed by atoms with van der Waals surface area (Å²) in [5.41, 5.74) is 2.55. The van der Waals surface area contributed by atoms with Crippen LogP contribution in [0, 0.1) is 12.7 Å². The van der Waals surface area contributed by atoms with E-state index in [1.54, 1.807) is 12.2 Å². The number of carbonyl (C=O) groups excluding carboxylic acids is 1. The predicted molar refractivity (Wildman–Crippen MR) is 84.8 cm³/mol. The molecule has 0 spiro atoms. The third-order valence-corrected chi connectivity index (χ3v) is 2.95. The molecule has 2 rings (SSSR count). The van der Waals surface area contributed by atoms with E-state index in [1.165, 1.54) is 12.1 Å². The van der Waals surface area contributed by atoms with Gasteiger partial charge >= 0.3 is 6.09 Å². The summed E-state index contributed by atoms with van der Waals surface area (Å²) in [6, 6.07) is 14.2. The Hall–Kier alpha value is -2.62. The zero-order valence-electron chi connectivity index (χ0n) is 12.4. The second-order valence-corrected chi connectivity index (χ2v) is 4.91. The average Bonchev–Trinajstić information content (AvgIpc) is 2.50. The largest absolute Gasteiger partial charge is 0.445 e. The van der Waals surface area contributed by atoms with Gasteiger partial charge in [-0.1, -0.05) is 48.6 Å². The fraction of sp³-hybridized carbons (Fsp3) is 0.167. The lowest BCUT2D eigenvalue weighted by Gasteiger charge is -2.05. The van der Waals surface area contributed by atoms with Gasteiger partial charge in [0.2, 0.25) is 0 Å². The highest BCUT2D eigenvalue weighted by Crippen LogP contribution is 2.09. The number of benzene rings is 2. The van der Waals surface area contributed by atoms with Crippen molar-refractivity contribution in [1.82, 2.24) is 5.32 Å². The Bertz CT molecular complexity index is 633. The summed E-state index contributed by atoms with van der Waals surface area (Å²) < 4.78 is 18.3. The van der Waals surface area contributed by atoms with Crippen molar-refractivity contribution in [2.24, 2.45) is 0 Å². The van der Waals surface area contributed by atoms with Gasteiger partial charge in [-0.15, -0.1) is 0 Å². The molecule has 1 amide bonds. The monoisotopic (exact) mass is 299 g/mol. The lowest BCUT2D eigenvalue weighted by atomic mass is 10.1. The number of amides is 1. The van der Waals surface area contributed by atoms with E-state index in [0.717, 1.165) is 16.7 Å². The quantitative estimate of drug-likeness (QED) is 0.903. The van der Waals surface area contributed by atoms with E-state index in [9.17, 15) is 9.18 Å². The molecule has 2 aromatic rings. The van der Waals surface area contributed by atoms with E-state index in [1.807, 2.05) is 43.3 Å². The molecule has 1 N–H and O–H groups in total. The Labute approximate surface area is 129 Å². The van der Waals surface area contributed by atoms with Crippen molar-refractivity contribution in [2.45, 2.75) is 13.5 Å². The van der Waals surface area contributed by atoms with E-state index in [2.05, 4.69) is 5.32 Å². The summed E-state index contributed by atoms with van der Waals surface area (Å²) in [6.07, 6.45) is 3.02. The molecule has 0 saturated carbocycles. The molecule has 0 radical (unpaired) electrons. The highest BCUT2D eigenvalue weighted by molar-refractivity contribution is 5.67. The van der Waals surface area contributed by atoms with Gasteiger partial charge in [-0.3, -0.25) is 0 Å². The molecule has 22 heavy (non-hydrogen) atoms. The number of halogens is 1. The lowest BCUT2D eigenvalue weighted by Crippen LogP contribution is -2.24. The SMILES string of the molecule is Cc1cc(F)cc(C=CCNC(=O)OCc2ccccc2)c1. The molecule has 114 valence electrons. The van der Waals surface area contributed by atoms with E-state index in [0.29, 0.717) is 6.54 Å². The van der Waals surface area contributed by atoms with Crippen LogP contribution in [0.4, 0.5) is 9.18 Å². The van der Waals surface area contributed by atoms with Crippen molar-refractivity contribution in [3.63, 3.8) is 0 Å². The first-order valence-electron chi connectivity index (χ1n) is 7.02. The van der Waals surface area contributed by atoms with E-state index < -0.39 is 6.09 Å². The van der Waals surface area contributed by atoms with E-state index in [4.69, 9.17) is 4.74 Å². The molecule has 0 heterocycles. The summed E-state index contributed by atoms with van der Waals surface area (Å²) in [5.74, 6) is -0.269. The van der Waals surface area contributed by atoms with Gasteiger partial charge in [0.1, 0.15) is 12.4 Å². The first-order chi connectivity index (χ1) is 10.6. The van der Waals surface area contributed by atoms with Gasteiger partial charge in [-0.2, -0.15) is 0 Å². The summed E-state index contributed by atoms with van der Waals surface area (Å²) in [5, 5.41) is 2.61. The summed E-state index contributed by atoms with van der Waals surface area (Å²) >= 11 is 0. The Balaban J connectivity index is 1.73. The molecular formula is C18H18FNO2. The van der Waals surface area contributed by atoms with Crippen LogP contribution >= 0.6 is 0 Å². The van der Waals surface area contributed by atoms with Crippen LogP contribution in [-0.4, -0.2) is 12.6 Å². The van der Waals surface area contributed by atoms with Gasteiger partial charge in [0, 0.05) is 6.54 Å².